The highest BCUT2D eigenvalue weighted by atomic mass is 19.1. The summed E-state index contributed by atoms with van der Waals surface area (Å²) in [7, 11) is 1.72. The second-order valence-corrected chi connectivity index (χ2v) is 2.70. The van der Waals surface area contributed by atoms with E-state index < -0.39 is 0 Å². The number of aryl methyl sites for hydroxylation is 1. The van der Waals surface area contributed by atoms with E-state index in [2.05, 4.69) is 5.10 Å². The third-order valence-corrected chi connectivity index (χ3v) is 1.43. The molecular formula is C7H11FN2. The minimum absolute atomic E-state index is 0.216. The maximum atomic E-state index is 12.7. The average molecular weight is 142 g/mol. The van der Waals surface area contributed by atoms with Crippen LogP contribution in [0.5, 0.6) is 0 Å². The first-order valence-electron chi connectivity index (χ1n) is 3.30. The molecule has 0 aromatic carbocycles. The van der Waals surface area contributed by atoms with E-state index in [1.54, 1.807) is 13.2 Å². The molecule has 0 aliphatic rings. The van der Waals surface area contributed by atoms with Crippen LogP contribution in [0.3, 0.4) is 0 Å². The second-order valence-electron chi connectivity index (χ2n) is 2.70. The summed E-state index contributed by atoms with van der Waals surface area (Å²) in [6.45, 7) is 3.89. The van der Waals surface area contributed by atoms with E-state index in [-0.39, 0.29) is 11.9 Å². The molecular weight excluding hydrogens is 131 g/mol. The maximum Gasteiger partial charge on any atom is 0.236 e. The molecule has 0 saturated carbocycles. The van der Waals surface area contributed by atoms with Gasteiger partial charge in [0.25, 0.3) is 0 Å². The van der Waals surface area contributed by atoms with Gasteiger partial charge in [-0.1, -0.05) is 13.8 Å². The molecule has 1 aromatic heterocycles. The molecule has 0 atom stereocenters. The lowest BCUT2D eigenvalue weighted by Gasteiger charge is -1.96. The van der Waals surface area contributed by atoms with Crippen LogP contribution >= 0.6 is 0 Å². The summed E-state index contributed by atoms with van der Waals surface area (Å²) < 4.78 is 14.2. The fraction of sp³-hybridized carbons (Fsp3) is 0.571. The lowest BCUT2D eigenvalue weighted by atomic mass is 10.1. The van der Waals surface area contributed by atoms with Crippen molar-refractivity contribution in [1.82, 2.24) is 9.78 Å². The minimum Gasteiger partial charge on any atom is -0.273 e. The molecule has 0 radical (unpaired) electrons. The van der Waals surface area contributed by atoms with Crippen LogP contribution in [0.2, 0.25) is 0 Å². The first-order chi connectivity index (χ1) is 4.61. The monoisotopic (exact) mass is 142 g/mol. The van der Waals surface area contributed by atoms with Gasteiger partial charge in [0, 0.05) is 18.8 Å². The van der Waals surface area contributed by atoms with Crippen LogP contribution in [0, 0.1) is 5.95 Å². The van der Waals surface area contributed by atoms with E-state index in [1.165, 1.54) is 4.68 Å². The number of halogens is 1. The van der Waals surface area contributed by atoms with Crippen molar-refractivity contribution in [2.45, 2.75) is 19.8 Å². The van der Waals surface area contributed by atoms with Crippen LogP contribution in [-0.2, 0) is 7.05 Å². The van der Waals surface area contributed by atoms with E-state index >= 15 is 0 Å². The SMILES string of the molecule is CC(C)c1cn(C)nc1F. The Bertz CT molecular complexity index is 228. The van der Waals surface area contributed by atoms with Crippen molar-refractivity contribution in [3.8, 4) is 0 Å². The first kappa shape index (κ1) is 7.25. The van der Waals surface area contributed by atoms with Gasteiger partial charge in [0.2, 0.25) is 5.95 Å². The van der Waals surface area contributed by atoms with Crippen molar-refractivity contribution in [3.63, 3.8) is 0 Å². The van der Waals surface area contributed by atoms with Gasteiger partial charge in [0.15, 0.2) is 0 Å². The standard InChI is InChI=1S/C7H11FN2/c1-5(2)6-4-10(3)9-7(6)8/h4-5H,1-3H3. The molecule has 56 valence electrons. The van der Waals surface area contributed by atoms with Crippen molar-refractivity contribution in [2.75, 3.05) is 0 Å². The summed E-state index contributed by atoms with van der Waals surface area (Å²) in [5.41, 5.74) is 0.683. The summed E-state index contributed by atoms with van der Waals surface area (Å²) in [6, 6.07) is 0. The summed E-state index contributed by atoms with van der Waals surface area (Å²) in [5, 5.41) is 3.58. The maximum absolute atomic E-state index is 12.7. The zero-order valence-electron chi connectivity index (χ0n) is 6.43. The van der Waals surface area contributed by atoms with Crippen LogP contribution in [0.4, 0.5) is 4.39 Å². The molecule has 1 heterocycles. The quantitative estimate of drug-likeness (QED) is 0.583. The molecule has 1 rings (SSSR count). The van der Waals surface area contributed by atoms with Gasteiger partial charge in [-0.3, -0.25) is 4.68 Å². The summed E-state index contributed by atoms with van der Waals surface area (Å²) in [4.78, 5) is 0. The van der Waals surface area contributed by atoms with Gasteiger partial charge >= 0.3 is 0 Å². The molecule has 10 heavy (non-hydrogen) atoms. The third-order valence-electron chi connectivity index (χ3n) is 1.43. The van der Waals surface area contributed by atoms with Crippen LogP contribution in [0.1, 0.15) is 25.3 Å². The molecule has 0 saturated heterocycles. The predicted octanol–water partition coefficient (Wildman–Crippen LogP) is 1.68. The van der Waals surface area contributed by atoms with Gasteiger partial charge in [-0.25, -0.2) is 0 Å². The second kappa shape index (κ2) is 2.40. The molecule has 0 aliphatic heterocycles. The van der Waals surface area contributed by atoms with E-state index in [4.69, 9.17) is 0 Å². The molecule has 1 aromatic rings. The highest BCUT2D eigenvalue weighted by Gasteiger charge is 2.09. The van der Waals surface area contributed by atoms with Crippen LogP contribution in [0.25, 0.3) is 0 Å². The van der Waals surface area contributed by atoms with Gasteiger partial charge in [-0.15, -0.1) is 5.10 Å². The van der Waals surface area contributed by atoms with E-state index in [9.17, 15) is 4.39 Å². The number of rotatable bonds is 1. The lowest BCUT2D eigenvalue weighted by molar-refractivity contribution is 0.539. The van der Waals surface area contributed by atoms with Gasteiger partial charge in [-0.2, -0.15) is 4.39 Å². The van der Waals surface area contributed by atoms with Gasteiger partial charge < -0.3 is 0 Å². The van der Waals surface area contributed by atoms with Crippen molar-refractivity contribution >= 4 is 0 Å². The van der Waals surface area contributed by atoms with Gasteiger partial charge in [-0.05, 0) is 5.92 Å². The molecule has 0 N–H and O–H groups in total. The predicted molar refractivity (Wildman–Crippen MR) is 37.3 cm³/mol. The van der Waals surface area contributed by atoms with Crippen LogP contribution < -0.4 is 0 Å². The number of hydrogen-bond acceptors (Lipinski definition) is 1. The Morgan fingerprint density at radius 2 is 2.20 bits per heavy atom. The van der Waals surface area contributed by atoms with Crippen molar-refractivity contribution < 1.29 is 4.39 Å². The third kappa shape index (κ3) is 1.17. The van der Waals surface area contributed by atoms with E-state index in [1.807, 2.05) is 13.8 Å². The zero-order valence-corrected chi connectivity index (χ0v) is 6.43. The fourth-order valence-electron chi connectivity index (χ4n) is 0.867. The summed E-state index contributed by atoms with van der Waals surface area (Å²) >= 11 is 0. The molecule has 0 bridgehead atoms. The summed E-state index contributed by atoms with van der Waals surface area (Å²) in [6.07, 6.45) is 1.71. The van der Waals surface area contributed by atoms with Crippen LogP contribution in [-0.4, -0.2) is 9.78 Å². The van der Waals surface area contributed by atoms with Crippen molar-refractivity contribution in [2.24, 2.45) is 7.05 Å². The normalized spacial score (nSPS) is 10.9. The van der Waals surface area contributed by atoms with E-state index in [0.29, 0.717) is 5.56 Å². The summed E-state index contributed by atoms with van der Waals surface area (Å²) in [5.74, 6) is -0.133. The Labute approximate surface area is 59.7 Å². The van der Waals surface area contributed by atoms with Crippen LogP contribution in [0.15, 0.2) is 6.20 Å². The Morgan fingerprint density at radius 1 is 1.60 bits per heavy atom. The lowest BCUT2D eigenvalue weighted by Crippen LogP contribution is -1.87. The number of hydrogen-bond donors (Lipinski definition) is 0. The molecule has 0 spiro atoms. The first-order valence-corrected chi connectivity index (χ1v) is 3.30. The topological polar surface area (TPSA) is 17.8 Å². The largest absolute Gasteiger partial charge is 0.273 e. The zero-order chi connectivity index (χ0) is 7.72. The Balaban J connectivity index is 3.03. The Morgan fingerprint density at radius 3 is 2.40 bits per heavy atom. The van der Waals surface area contributed by atoms with E-state index in [0.717, 1.165) is 0 Å². The molecule has 2 nitrogen and oxygen atoms in total. The highest BCUT2D eigenvalue weighted by Crippen LogP contribution is 2.15. The molecule has 3 heteroatoms. The molecule has 0 amide bonds. The Kier molecular flexibility index (Phi) is 1.74. The molecule has 0 aliphatic carbocycles. The van der Waals surface area contributed by atoms with Crippen molar-refractivity contribution in [1.29, 1.82) is 0 Å². The molecule has 0 fully saturated rings. The Hall–Kier alpha value is -0.860. The molecule has 0 unspecified atom stereocenters. The number of nitrogens with zero attached hydrogens (tertiary/aromatic N) is 2. The highest BCUT2D eigenvalue weighted by molar-refractivity contribution is 5.10. The van der Waals surface area contributed by atoms with Gasteiger partial charge in [0.05, 0.1) is 0 Å². The minimum atomic E-state index is -0.350. The smallest absolute Gasteiger partial charge is 0.236 e. The van der Waals surface area contributed by atoms with Gasteiger partial charge in [0.1, 0.15) is 0 Å². The van der Waals surface area contributed by atoms with Crippen molar-refractivity contribution in [3.05, 3.63) is 17.7 Å². The number of aromatic nitrogens is 2. The average Bonchev–Trinajstić information content (AvgIpc) is 2.10. The fourth-order valence-corrected chi connectivity index (χ4v) is 0.867.